The van der Waals surface area contributed by atoms with Crippen LogP contribution in [0.25, 0.3) is 0 Å². The van der Waals surface area contributed by atoms with E-state index in [1.165, 1.54) is 0 Å². The quantitative estimate of drug-likeness (QED) is 0.873. The second kappa shape index (κ2) is 5.32. The molecule has 1 heterocycles. The van der Waals surface area contributed by atoms with Gasteiger partial charge in [0.25, 0.3) is 5.91 Å². The molecular weight excluding hydrogens is 262 g/mol. The van der Waals surface area contributed by atoms with E-state index in [9.17, 15) is 4.79 Å². The fraction of sp³-hybridized carbons (Fsp3) is 0.647. The molecule has 2 rings (SSSR count). The van der Waals surface area contributed by atoms with Crippen LogP contribution in [0.15, 0.2) is 12.1 Å². The van der Waals surface area contributed by atoms with Crippen LogP contribution in [0.5, 0.6) is 0 Å². The van der Waals surface area contributed by atoms with Gasteiger partial charge in [0.2, 0.25) is 0 Å². The van der Waals surface area contributed by atoms with Crippen molar-refractivity contribution in [1.82, 2.24) is 10.3 Å². The minimum absolute atomic E-state index is 0.0105. The van der Waals surface area contributed by atoms with Gasteiger partial charge in [-0.05, 0) is 36.3 Å². The van der Waals surface area contributed by atoms with Crippen molar-refractivity contribution in [2.24, 2.45) is 10.8 Å². The van der Waals surface area contributed by atoms with Gasteiger partial charge in [-0.15, -0.1) is 0 Å². The van der Waals surface area contributed by atoms with Crippen LogP contribution in [0.3, 0.4) is 0 Å². The van der Waals surface area contributed by atoms with Crippen LogP contribution < -0.4 is 10.6 Å². The van der Waals surface area contributed by atoms with Crippen molar-refractivity contribution in [1.29, 1.82) is 0 Å². The Labute approximate surface area is 127 Å². The van der Waals surface area contributed by atoms with Gasteiger partial charge in [0.1, 0.15) is 5.82 Å². The largest absolute Gasteiger partial charge is 0.370 e. The fourth-order valence-corrected chi connectivity index (χ4v) is 2.91. The van der Waals surface area contributed by atoms with Crippen LogP contribution in [0.1, 0.15) is 57.1 Å². The van der Waals surface area contributed by atoms with Gasteiger partial charge in [0.15, 0.2) is 0 Å². The number of amides is 1. The highest BCUT2D eigenvalue weighted by atomic mass is 16.1. The van der Waals surface area contributed by atoms with Crippen LogP contribution in [0.4, 0.5) is 5.82 Å². The predicted molar refractivity (Wildman–Crippen MR) is 86.6 cm³/mol. The third-order valence-corrected chi connectivity index (χ3v) is 5.07. The molecule has 2 N–H and O–H groups in total. The Morgan fingerprint density at radius 2 is 1.86 bits per heavy atom. The summed E-state index contributed by atoms with van der Waals surface area (Å²) in [6, 6.07) is 3.90. The molecule has 1 aliphatic carbocycles. The lowest BCUT2D eigenvalue weighted by molar-refractivity contribution is 0.0943. The summed E-state index contributed by atoms with van der Waals surface area (Å²) in [5.74, 6) is 0.764. The molecule has 1 saturated carbocycles. The lowest BCUT2D eigenvalue weighted by atomic mass is 10.0. The maximum Gasteiger partial charge on any atom is 0.251 e. The first-order valence-electron chi connectivity index (χ1n) is 7.73. The molecule has 0 radical (unpaired) electrons. The van der Waals surface area contributed by atoms with E-state index in [0.717, 1.165) is 24.5 Å². The van der Waals surface area contributed by atoms with Crippen molar-refractivity contribution < 1.29 is 4.79 Å². The Bertz CT molecular complexity index is 535. The number of carbonyl (C=O) groups is 1. The Kier molecular flexibility index (Phi) is 4.00. The van der Waals surface area contributed by atoms with Crippen LogP contribution in [-0.2, 0) is 0 Å². The number of aryl methyl sites for hydroxylation is 1. The lowest BCUT2D eigenvalue weighted by Gasteiger charge is -2.10. The summed E-state index contributed by atoms with van der Waals surface area (Å²) < 4.78 is 0. The Hall–Kier alpha value is -1.58. The number of anilines is 1. The molecule has 0 aromatic carbocycles. The first kappa shape index (κ1) is 15.8. The van der Waals surface area contributed by atoms with Crippen molar-refractivity contribution in [3.05, 3.63) is 23.4 Å². The third-order valence-electron chi connectivity index (χ3n) is 5.07. The van der Waals surface area contributed by atoms with Gasteiger partial charge in [0, 0.05) is 23.8 Å². The number of carbonyl (C=O) groups excluding carboxylic acids is 1. The van der Waals surface area contributed by atoms with E-state index in [0.29, 0.717) is 5.56 Å². The first-order valence-corrected chi connectivity index (χ1v) is 7.73. The van der Waals surface area contributed by atoms with Crippen LogP contribution in [-0.4, -0.2) is 23.5 Å². The molecule has 0 saturated heterocycles. The van der Waals surface area contributed by atoms with Crippen molar-refractivity contribution in [3.63, 3.8) is 0 Å². The molecule has 0 bridgehead atoms. The molecule has 116 valence electrons. The van der Waals surface area contributed by atoms with E-state index in [1.807, 2.05) is 19.1 Å². The molecule has 1 amide bonds. The molecular formula is C17H27N3O. The number of pyridine rings is 1. The highest BCUT2D eigenvalue weighted by molar-refractivity contribution is 5.95. The third kappa shape index (κ3) is 2.89. The molecule has 4 heteroatoms. The zero-order valence-electron chi connectivity index (χ0n) is 14.0. The Morgan fingerprint density at radius 1 is 1.24 bits per heavy atom. The van der Waals surface area contributed by atoms with Crippen LogP contribution in [0.2, 0.25) is 0 Å². The van der Waals surface area contributed by atoms with Gasteiger partial charge < -0.3 is 10.6 Å². The molecule has 1 aromatic rings. The van der Waals surface area contributed by atoms with E-state index in [1.54, 1.807) is 0 Å². The second-order valence-corrected chi connectivity index (χ2v) is 7.16. The predicted octanol–water partition coefficient (Wildman–Crippen LogP) is 3.38. The van der Waals surface area contributed by atoms with E-state index in [-0.39, 0.29) is 22.8 Å². The molecule has 1 aromatic heterocycles. The van der Waals surface area contributed by atoms with Gasteiger partial charge in [-0.2, -0.15) is 0 Å². The minimum Gasteiger partial charge on any atom is -0.370 e. The van der Waals surface area contributed by atoms with E-state index >= 15 is 0 Å². The lowest BCUT2D eigenvalue weighted by Crippen LogP contribution is -2.30. The molecule has 21 heavy (non-hydrogen) atoms. The smallest absolute Gasteiger partial charge is 0.251 e. The molecule has 0 unspecified atom stereocenters. The van der Waals surface area contributed by atoms with Gasteiger partial charge in [-0.25, -0.2) is 4.98 Å². The van der Waals surface area contributed by atoms with Gasteiger partial charge in [-0.3, -0.25) is 4.79 Å². The number of aromatic nitrogens is 1. The number of nitrogens with one attached hydrogen (secondary N) is 2. The average Bonchev–Trinajstić information content (AvgIpc) is 2.78. The monoisotopic (exact) mass is 289 g/mol. The standard InChI is InChI=1S/C17H27N3O/c1-7-8-18-13-10-12(9-11(2)19-13)14(21)20-15-16(3,4)17(15,5)6/h9-10,15H,7-8H2,1-6H3,(H,18,19)(H,20,21). The minimum atomic E-state index is -0.0105. The normalized spacial score (nSPS) is 19.1. The highest BCUT2D eigenvalue weighted by Gasteiger charge is 2.65. The molecule has 0 spiro atoms. The topological polar surface area (TPSA) is 54.0 Å². The summed E-state index contributed by atoms with van der Waals surface area (Å²) in [7, 11) is 0. The van der Waals surface area contributed by atoms with Gasteiger partial charge >= 0.3 is 0 Å². The highest BCUT2D eigenvalue weighted by Crippen LogP contribution is 2.62. The first-order chi connectivity index (χ1) is 9.70. The summed E-state index contributed by atoms with van der Waals surface area (Å²) in [6.45, 7) is 13.7. The molecule has 1 aliphatic rings. The van der Waals surface area contributed by atoms with Crippen molar-refractivity contribution in [2.45, 2.75) is 54.0 Å². The van der Waals surface area contributed by atoms with Crippen LogP contribution in [0, 0.1) is 17.8 Å². The second-order valence-electron chi connectivity index (χ2n) is 7.16. The number of nitrogens with zero attached hydrogens (tertiary/aromatic N) is 1. The maximum absolute atomic E-state index is 12.5. The molecule has 0 atom stereocenters. The van der Waals surface area contributed by atoms with E-state index in [4.69, 9.17) is 0 Å². The number of rotatable bonds is 5. The van der Waals surface area contributed by atoms with Gasteiger partial charge in [-0.1, -0.05) is 34.6 Å². The van der Waals surface area contributed by atoms with Crippen molar-refractivity contribution >= 4 is 11.7 Å². The zero-order valence-corrected chi connectivity index (χ0v) is 14.0. The summed E-state index contributed by atoms with van der Waals surface area (Å²) in [6.07, 6.45) is 1.03. The van der Waals surface area contributed by atoms with Gasteiger partial charge in [0.05, 0.1) is 0 Å². The molecule has 1 fully saturated rings. The molecule has 4 nitrogen and oxygen atoms in total. The SMILES string of the molecule is CCCNc1cc(C(=O)NC2C(C)(C)C2(C)C)cc(C)n1. The van der Waals surface area contributed by atoms with E-state index < -0.39 is 0 Å². The summed E-state index contributed by atoms with van der Waals surface area (Å²) in [4.78, 5) is 16.9. The van der Waals surface area contributed by atoms with Crippen molar-refractivity contribution in [2.75, 3.05) is 11.9 Å². The summed E-state index contributed by atoms with van der Waals surface area (Å²) >= 11 is 0. The average molecular weight is 289 g/mol. The zero-order chi connectivity index (χ0) is 15.8. The Morgan fingerprint density at radius 3 is 2.38 bits per heavy atom. The summed E-state index contributed by atoms with van der Waals surface area (Å²) in [5.41, 5.74) is 1.83. The number of hydrogen-bond acceptors (Lipinski definition) is 3. The molecule has 0 aliphatic heterocycles. The van der Waals surface area contributed by atoms with E-state index in [2.05, 4.69) is 50.2 Å². The fourth-order valence-electron chi connectivity index (χ4n) is 2.91. The number of hydrogen-bond donors (Lipinski definition) is 2. The summed E-state index contributed by atoms with van der Waals surface area (Å²) in [5, 5.41) is 6.41. The maximum atomic E-state index is 12.5. The van der Waals surface area contributed by atoms with Crippen LogP contribution >= 0.6 is 0 Å². The van der Waals surface area contributed by atoms with Crippen molar-refractivity contribution in [3.8, 4) is 0 Å². The Balaban J connectivity index is 2.11.